The van der Waals surface area contributed by atoms with Crippen molar-refractivity contribution in [3.8, 4) is 0 Å². The molecule has 7 heteroatoms. The fourth-order valence-electron chi connectivity index (χ4n) is 0.996. The van der Waals surface area contributed by atoms with Gasteiger partial charge in [-0.15, -0.1) is 4.91 Å². The summed E-state index contributed by atoms with van der Waals surface area (Å²) in [5.41, 5.74) is 0. The minimum absolute atomic E-state index is 0.110. The molecule has 0 aromatic rings. The number of carbonyl (C=O) groups excluding carboxylic acids is 2. The zero-order chi connectivity index (χ0) is 12.4. The molecule has 0 heterocycles. The third-order valence-electron chi connectivity index (χ3n) is 1.79. The number of carbonyl (C=O) groups is 2. The lowest BCUT2D eigenvalue weighted by molar-refractivity contribution is -0.141. The van der Waals surface area contributed by atoms with Gasteiger partial charge in [-0.3, -0.25) is 14.6 Å². The number of methoxy groups -OCH3 is 1. The highest BCUT2D eigenvalue weighted by atomic mass is 16.5. The first kappa shape index (κ1) is 14.3. The van der Waals surface area contributed by atoms with Gasteiger partial charge in [0.05, 0.1) is 18.9 Å². The van der Waals surface area contributed by atoms with Crippen molar-refractivity contribution in [1.29, 1.82) is 0 Å². The van der Waals surface area contributed by atoms with E-state index < -0.39 is 5.97 Å². The van der Waals surface area contributed by atoms with Crippen LogP contribution in [0.15, 0.2) is 5.29 Å². The molecule has 0 atom stereocenters. The summed E-state index contributed by atoms with van der Waals surface area (Å²) in [4.78, 5) is 31.6. The van der Waals surface area contributed by atoms with E-state index in [0.717, 1.165) is 0 Å². The van der Waals surface area contributed by atoms with Crippen LogP contribution in [-0.2, 0) is 19.1 Å². The van der Waals surface area contributed by atoms with Crippen LogP contribution < -0.4 is 0 Å². The van der Waals surface area contributed by atoms with Crippen molar-refractivity contribution in [2.24, 2.45) is 5.29 Å². The Labute approximate surface area is 93.6 Å². The van der Waals surface area contributed by atoms with E-state index in [2.05, 4.69) is 14.8 Å². The summed E-state index contributed by atoms with van der Waals surface area (Å²) in [5.74, 6) is -0.730. The number of nitrogens with zero attached hydrogens (tertiary/aromatic N) is 2. The van der Waals surface area contributed by atoms with Crippen LogP contribution in [0.5, 0.6) is 0 Å². The summed E-state index contributed by atoms with van der Waals surface area (Å²) in [6.07, 6.45) is 0.703. The molecule has 0 N–H and O–H groups in total. The number of ether oxygens (including phenoxy) is 2. The fourth-order valence-corrected chi connectivity index (χ4v) is 0.996. The van der Waals surface area contributed by atoms with Gasteiger partial charge in [0.15, 0.2) is 0 Å². The molecule has 0 aliphatic heterocycles. The van der Waals surface area contributed by atoms with Gasteiger partial charge < -0.3 is 9.47 Å². The van der Waals surface area contributed by atoms with Gasteiger partial charge in [-0.25, -0.2) is 0 Å². The van der Waals surface area contributed by atoms with Crippen molar-refractivity contribution in [2.45, 2.75) is 19.8 Å². The predicted molar refractivity (Wildman–Crippen MR) is 55.3 cm³/mol. The van der Waals surface area contributed by atoms with Gasteiger partial charge in [0.1, 0.15) is 6.61 Å². The molecule has 0 aromatic carbocycles. The van der Waals surface area contributed by atoms with Gasteiger partial charge >= 0.3 is 11.9 Å². The normalized spacial score (nSPS) is 9.38. The molecule has 16 heavy (non-hydrogen) atoms. The summed E-state index contributed by atoms with van der Waals surface area (Å²) in [7, 11) is 1.30. The van der Waals surface area contributed by atoms with Crippen LogP contribution >= 0.6 is 0 Å². The van der Waals surface area contributed by atoms with Crippen molar-refractivity contribution < 1.29 is 19.1 Å². The van der Waals surface area contributed by atoms with Crippen molar-refractivity contribution in [2.75, 3.05) is 26.8 Å². The molecule has 0 aromatic heterocycles. The zero-order valence-corrected chi connectivity index (χ0v) is 9.47. The van der Waals surface area contributed by atoms with Gasteiger partial charge in [-0.1, -0.05) is 0 Å². The molecule has 0 aliphatic rings. The molecule has 0 bridgehead atoms. The average Bonchev–Trinajstić information content (AvgIpc) is 2.26. The Morgan fingerprint density at radius 3 is 2.50 bits per heavy atom. The minimum Gasteiger partial charge on any atom is -0.469 e. The van der Waals surface area contributed by atoms with E-state index in [1.54, 1.807) is 0 Å². The molecule has 0 fully saturated rings. The minimum atomic E-state index is -0.402. The van der Waals surface area contributed by atoms with Crippen LogP contribution in [0, 0.1) is 4.91 Å². The van der Waals surface area contributed by atoms with E-state index in [4.69, 9.17) is 0 Å². The second-order valence-electron chi connectivity index (χ2n) is 3.06. The molecule has 0 amide bonds. The van der Waals surface area contributed by atoms with Gasteiger partial charge in [-0.05, 0) is 6.42 Å². The number of nitroso groups, excluding NO2 is 1. The lowest BCUT2D eigenvalue weighted by Gasteiger charge is -2.14. The summed E-state index contributed by atoms with van der Waals surface area (Å²) >= 11 is 0. The monoisotopic (exact) mass is 232 g/mol. The van der Waals surface area contributed by atoms with Crippen LogP contribution in [0.1, 0.15) is 19.8 Å². The molecule has 0 radical (unpaired) electrons. The van der Waals surface area contributed by atoms with E-state index in [-0.39, 0.29) is 25.5 Å². The van der Waals surface area contributed by atoms with Gasteiger partial charge in [-0.2, -0.15) is 0 Å². The van der Waals surface area contributed by atoms with Gasteiger partial charge in [0, 0.05) is 19.9 Å². The third-order valence-corrected chi connectivity index (χ3v) is 1.79. The molecule has 0 aliphatic carbocycles. The number of hydrogen-bond donors (Lipinski definition) is 0. The Balaban J connectivity index is 3.62. The Hall–Kier alpha value is -1.66. The molecule has 0 saturated heterocycles. The van der Waals surface area contributed by atoms with E-state index in [1.807, 2.05) is 0 Å². The largest absolute Gasteiger partial charge is 0.469 e. The maximum atomic E-state index is 10.8. The zero-order valence-electron chi connectivity index (χ0n) is 9.47. The highest BCUT2D eigenvalue weighted by Crippen LogP contribution is 1.97. The number of hydrogen-bond acceptors (Lipinski definition) is 6. The second-order valence-corrected chi connectivity index (χ2v) is 3.06. The SMILES string of the molecule is COC(=O)CCCN(CCOC(C)=O)N=O. The highest BCUT2D eigenvalue weighted by Gasteiger charge is 2.06. The van der Waals surface area contributed by atoms with E-state index >= 15 is 0 Å². The standard InChI is InChI=1S/C9H16N2O5/c1-8(12)16-7-6-11(10-14)5-3-4-9(13)15-2/h3-7H2,1-2H3. The molecule has 0 spiro atoms. The molecule has 7 nitrogen and oxygen atoms in total. The topological polar surface area (TPSA) is 85.3 Å². The van der Waals surface area contributed by atoms with Crippen LogP contribution in [0.4, 0.5) is 0 Å². The summed E-state index contributed by atoms with van der Waals surface area (Å²) in [6, 6.07) is 0. The molecular weight excluding hydrogens is 216 g/mol. The van der Waals surface area contributed by atoms with E-state index in [1.165, 1.54) is 19.0 Å². The highest BCUT2D eigenvalue weighted by molar-refractivity contribution is 5.69. The first-order valence-electron chi connectivity index (χ1n) is 4.88. The van der Waals surface area contributed by atoms with E-state index in [9.17, 15) is 14.5 Å². The van der Waals surface area contributed by atoms with Gasteiger partial charge in [0.25, 0.3) is 0 Å². The molecule has 0 rings (SSSR count). The van der Waals surface area contributed by atoms with Crippen LogP contribution in [0.3, 0.4) is 0 Å². The third kappa shape index (κ3) is 7.72. The summed E-state index contributed by atoms with van der Waals surface area (Å²) in [6.45, 7) is 1.96. The first-order valence-corrected chi connectivity index (χ1v) is 4.88. The maximum absolute atomic E-state index is 10.8. The Morgan fingerprint density at radius 1 is 1.31 bits per heavy atom. The smallest absolute Gasteiger partial charge is 0.305 e. The number of rotatable bonds is 8. The Bertz CT molecular complexity index is 244. The van der Waals surface area contributed by atoms with Crippen molar-refractivity contribution in [3.63, 3.8) is 0 Å². The maximum Gasteiger partial charge on any atom is 0.305 e. The molecule has 0 saturated carbocycles. The van der Waals surface area contributed by atoms with E-state index in [0.29, 0.717) is 13.0 Å². The average molecular weight is 232 g/mol. The second kappa shape index (κ2) is 8.63. The quantitative estimate of drug-likeness (QED) is 0.344. The summed E-state index contributed by atoms with van der Waals surface area (Å²) < 4.78 is 9.09. The van der Waals surface area contributed by atoms with Crippen molar-refractivity contribution in [1.82, 2.24) is 5.01 Å². The van der Waals surface area contributed by atoms with Crippen LogP contribution in [-0.4, -0.2) is 43.8 Å². The predicted octanol–water partition coefficient (Wildman–Crippen LogP) is 0.486. The summed E-state index contributed by atoms with van der Waals surface area (Å²) in [5, 5.41) is 3.95. The lowest BCUT2D eigenvalue weighted by Crippen LogP contribution is -2.24. The van der Waals surface area contributed by atoms with Crippen LogP contribution in [0.25, 0.3) is 0 Å². The first-order chi connectivity index (χ1) is 7.60. The van der Waals surface area contributed by atoms with Gasteiger partial charge in [0.2, 0.25) is 0 Å². The lowest BCUT2D eigenvalue weighted by atomic mass is 10.3. The van der Waals surface area contributed by atoms with Crippen LogP contribution in [0.2, 0.25) is 0 Å². The molecular formula is C9H16N2O5. The Kier molecular flexibility index (Phi) is 7.74. The van der Waals surface area contributed by atoms with Crippen molar-refractivity contribution in [3.05, 3.63) is 4.91 Å². The molecule has 0 unspecified atom stereocenters. The fraction of sp³-hybridized carbons (Fsp3) is 0.778. The van der Waals surface area contributed by atoms with Crippen molar-refractivity contribution >= 4 is 11.9 Å². The molecule has 92 valence electrons. The Morgan fingerprint density at radius 2 is 2.00 bits per heavy atom. The number of esters is 2.